The summed E-state index contributed by atoms with van der Waals surface area (Å²) in [5.41, 5.74) is 0.808. The second kappa shape index (κ2) is 4.05. The Labute approximate surface area is 84.5 Å². The third kappa shape index (κ3) is 2.66. The van der Waals surface area contributed by atoms with Crippen molar-refractivity contribution in [3.63, 3.8) is 0 Å². The number of hydrogen-bond donors (Lipinski definition) is 0. The molecular formula is C9H10BrF2N. The van der Waals surface area contributed by atoms with E-state index in [1.807, 2.05) is 14.1 Å². The molecule has 0 radical (unpaired) electrons. The number of alkyl halides is 2. The van der Waals surface area contributed by atoms with Gasteiger partial charge in [-0.25, -0.2) is 8.78 Å². The first-order valence-corrected chi connectivity index (χ1v) is 4.56. The van der Waals surface area contributed by atoms with Crippen molar-refractivity contribution in [1.29, 1.82) is 0 Å². The van der Waals surface area contributed by atoms with Gasteiger partial charge in [-0.15, -0.1) is 0 Å². The van der Waals surface area contributed by atoms with Crippen molar-refractivity contribution in [3.05, 3.63) is 28.2 Å². The maximum absolute atomic E-state index is 12.4. The zero-order chi connectivity index (χ0) is 10.0. The molecule has 0 aromatic heterocycles. The second-order valence-corrected chi connectivity index (χ2v) is 3.85. The van der Waals surface area contributed by atoms with Crippen LogP contribution >= 0.6 is 15.9 Å². The van der Waals surface area contributed by atoms with Crippen LogP contribution in [-0.2, 0) is 0 Å². The molecule has 0 saturated heterocycles. The molecule has 1 rings (SSSR count). The molecule has 0 atom stereocenters. The SMILES string of the molecule is CN(C)c1cc(Br)cc(C(F)F)c1. The highest BCUT2D eigenvalue weighted by molar-refractivity contribution is 9.10. The molecule has 13 heavy (non-hydrogen) atoms. The monoisotopic (exact) mass is 249 g/mol. The molecule has 0 aliphatic rings. The van der Waals surface area contributed by atoms with Crippen molar-refractivity contribution in [2.45, 2.75) is 6.43 Å². The van der Waals surface area contributed by atoms with Gasteiger partial charge >= 0.3 is 0 Å². The zero-order valence-corrected chi connectivity index (χ0v) is 8.98. The van der Waals surface area contributed by atoms with Crippen LogP contribution in [0.25, 0.3) is 0 Å². The summed E-state index contributed by atoms with van der Waals surface area (Å²) in [5, 5.41) is 0. The highest BCUT2D eigenvalue weighted by atomic mass is 79.9. The highest BCUT2D eigenvalue weighted by Crippen LogP contribution is 2.27. The van der Waals surface area contributed by atoms with Gasteiger partial charge in [0.2, 0.25) is 0 Å². The molecule has 1 aromatic rings. The summed E-state index contributed by atoms with van der Waals surface area (Å²) in [6.07, 6.45) is -2.42. The Balaban J connectivity index is 3.11. The van der Waals surface area contributed by atoms with E-state index in [1.165, 1.54) is 12.1 Å². The van der Waals surface area contributed by atoms with E-state index >= 15 is 0 Å². The number of rotatable bonds is 2. The quantitative estimate of drug-likeness (QED) is 0.776. The van der Waals surface area contributed by atoms with E-state index < -0.39 is 6.43 Å². The predicted octanol–water partition coefficient (Wildman–Crippen LogP) is 3.45. The van der Waals surface area contributed by atoms with Crippen LogP contribution < -0.4 is 4.90 Å². The van der Waals surface area contributed by atoms with Crippen LogP contribution in [-0.4, -0.2) is 14.1 Å². The Morgan fingerprint density at radius 3 is 2.31 bits per heavy atom. The first-order valence-electron chi connectivity index (χ1n) is 3.76. The van der Waals surface area contributed by atoms with Crippen LogP contribution in [0.15, 0.2) is 22.7 Å². The predicted molar refractivity (Wildman–Crippen MR) is 53.4 cm³/mol. The number of nitrogens with zero attached hydrogens (tertiary/aromatic N) is 1. The van der Waals surface area contributed by atoms with Crippen LogP contribution in [0.3, 0.4) is 0 Å². The number of halogens is 3. The third-order valence-electron chi connectivity index (χ3n) is 1.67. The molecule has 0 heterocycles. The van der Waals surface area contributed by atoms with Gasteiger partial charge in [-0.3, -0.25) is 0 Å². The van der Waals surface area contributed by atoms with Gasteiger partial charge in [-0.1, -0.05) is 15.9 Å². The lowest BCUT2D eigenvalue weighted by Crippen LogP contribution is -2.08. The number of anilines is 1. The molecule has 1 aromatic carbocycles. The van der Waals surface area contributed by atoms with Crippen molar-refractivity contribution in [3.8, 4) is 0 Å². The molecule has 1 nitrogen and oxygen atoms in total. The Hall–Kier alpha value is -0.640. The average Bonchev–Trinajstić information content (AvgIpc) is 2.03. The van der Waals surface area contributed by atoms with Gasteiger partial charge in [0.15, 0.2) is 0 Å². The van der Waals surface area contributed by atoms with E-state index in [0.717, 1.165) is 5.69 Å². The van der Waals surface area contributed by atoms with Gasteiger partial charge in [0.05, 0.1) is 0 Å². The fourth-order valence-corrected chi connectivity index (χ4v) is 1.48. The molecule has 72 valence electrons. The van der Waals surface area contributed by atoms with Crippen molar-refractivity contribution in [2.75, 3.05) is 19.0 Å². The van der Waals surface area contributed by atoms with Gasteiger partial charge in [0.25, 0.3) is 6.43 Å². The maximum atomic E-state index is 12.4. The minimum Gasteiger partial charge on any atom is -0.378 e. The van der Waals surface area contributed by atoms with Crippen LogP contribution in [0.2, 0.25) is 0 Å². The largest absolute Gasteiger partial charge is 0.378 e. The Morgan fingerprint density at radius 2 is 1.85 bits per heavy atom. The van der Waals surface area contributed by atoms with Gasteiger partial charge in [-0.2, -0.15) is 0 Å². The molecule has 0 aliphatic heterocycles. The van der Waals surface area contributed by atoms with Crippen molar-refractivity contribution in [1.82, 2.24) is 0 Å². The van der Waals surface area contributed by atoms with Gasteiger partial charge in [0.1, 0.15) is 0 Å². The van der Waals surface area contributed by atoms with Crippen molar-refractivity contribution in [2.24, 2.45) is 0 Å². The molecule has 0 saturated carbocycles. The van der Waals surface area contributed by atoms with E-state index in [4.69, 9.17) is 0 Å². The van der Waals surface area contributed by atoms with E-state index in [9.17, 15) is 8.78 Å². The van der Waals surface area contributed by atoms with E-state index in [0.29, 0.717) is 4.47 Å². The lowest BCUT2D eigenvalue weighted by molar-refractivity contribution is 0.151. The molecule has 0 fully saturated rings. The molecular weight excluding hydrogens is 240 g/mol. The van der Waals surface area contributed by atoms with Gasteiger partial charge in [-0.05, 0) is 18.2 Å². The maximum Gasteiger partial charge on any atom is 0.263 e. The van der Waals surface area contributed by atoms with Crippen molar-refractivity contribution < 1.29 is 8.78 Å². The summed E-state index contributed by atoms with van der Waals surface area (Å²) < 4.78 is 25.4. The summed E-state index contributed by atoms with van der Waals surface area (Å²) in [4.78, 5) is 1.79. The molecule has 0 amide bonds. The number of hydrogen-bond acceptors (Lipinski definition) is 1. The Bertz CT molecular complexity index is 273. The first-order chi connectivity index (χ1) is 6.00. The lowest BCUT2D eigenvalue weighted by atomic mass is 10.2. The smallest absolute Gasteiger partial charge is 0.263 e. The highest BCUT2D eigenvalue weighted by Gasteiger charge is 2.09. The Kier molecular flexibility index (Phi) is 3.25. The lowest BCUT2D eigenvalue weighted by Gasteiger charge is -2.14. The van der Waals surface area contributed by atoms with E-state index in [2.05, 4.69) is 15.9 Å². The normalized spacial score (nSPS) is 10.6. The number of benzene rings is 1. The average molecular weight is 250 g/mol. The van der Waals surface area contributed by atoms with Crippen molar-refractivity contribution >= 4 is 21.6 Å². The van der Waals surface area contributed by atoms with Crippen LogP contribution in [0.4, 0.5) is 14.5 Å². The molecule has 0 bridgehead atoms. The van der Waals surface area contributed by atoms with Crippen LogP contribution in [0, 0.1) is 0 Å². The standard InChI is InChI=1S/C9H10BrF2N/c1-13(2)8-4-6(9(11)12)3-7(10)5-8/h3-5,9H,1-2H3. The van der Waals surface area contributed by atoms with Gasteiger partial charge < -0.3 is 4.90 Å². The third-order valence-corrected chi connectivity index (χ3v) is 2.13. The minimum atomic E-state index is -2.42. The molecule has 4 heteroatoms. The van der Waals surface area contributed by atoms with E-state index in [-0.39, 0.29) is 5.56 Å². The second-order valence-electron chi connectivity index (χ2n) is 2.94. The fourth-order valence-electron chi connectivity index (χ4n) is 0.980. The molecule has 0 spiro atoms. The molecule has 0 aliphatic carbocycles. The topological polar surface area (TPSA) is 3.24 Å². The van der Waals surface area contributed by atoms with E-state index in [1.54, 1.807) is 11.0 Å². The van der Waals surface area contributed by atoms with Crippen LogP contribution in [0.1, 0.15) is 12.0 Å². The summed E-state index contributed by atoms with van der Waals surface area (Å²) in [7, 11) is 3.63. The summed E-state index contributed by atoms with van der Waals surface area (Å²) >= 11 is 3.19. The zero-order valence-electron chi connectivity index (χ0n) is 7.39. The first kappa shape index (κ1) is 10.4. The Morgan fingerprint density at radius 1 is 1.23 bits per heavy atom. The minimum absolute atomic E-state index is 0.0399. The van der Waals surface area contributed by atoms with Crippen LogP contribution in [0.5, 0.6) is 0 Å². The molecule has 0 unspecified atom stereocenters. The summed E-state index contributed by atoms with van der Waals surface area (Å²) in [6.45, 7) is 0. The fraction of sp³-hybridized carbons (Fsp3) is 0.333. The van der Waals surface area contributed by atoms with Gasteiger partial charge in [0, 0.05) is 29.8 Å². The molecule has 0 N–H and O–H groups in total. The summed E-state index contributed by atoms with van der Waals surface area (Å²) in [5.74, 6) is 0. The summed E-state index contributed by atoms with van der Waals surface area (Å²) in [6, 6.07) is 4.71.